The van der Waals surface area contributed by atoms with E-state index < -0.39 is 15.9 Å². The zero-order valence-corrected chi connectivity index (χ0v) is 19.4. The van der Waals surface area contributed by atoms with Crippen LogP contribution in [0.15, 0.2) is 65.6 Å². The number of carbonyl (C=O) groups is 1. The van der Waals surface area contributed by atoms with Gasteiger partial charge in [-0.3, -0.25) is 9.52 Å². The van der Waals surface area contributed by atoms with Crippen LogP contribution in [0.5, 0.6) is 5.75 Å². The number of rotatable bonds is 7. The predicted octanol–water partition coefficient (Wildman–Crippen LogP) is 6.12. The molecule has 0 aliphatic heterocycles. The molecule has 3 rings (SSSR count). The molecule has 0 saturated carbocycles. The summed E-state index contributed by atoms with van der Waals surface area (Å²) < 4.78 is 32.8. The number of ether oxygens (including phenoxy) is 1. The van der Waals surface area contributed by atoms with Crippen LogP contribution in [0.4, 0.5) is 11.4 Å². The molecular weight excluding hydrogens is 506 g/mol. The number of hydrogen-bond acceptors (Lipinski definition) is 4. The Morgan fingerprint density at radius 1 is 0.839 bits per heavy atom. The second-order valence-electron chi connectivity index (χ2n) is 6.17. The van der Waals surface area contributed by atoms with Crippen molar-refractivity contribution in [2.75, 3.05) is 16.6 Å². The Morgan fingerprint density at radius 2 is 1.45 bits per heavy atom. The van der Waals surface area contributed by atoms with Crippen molar-refractivity contribution in [2.24, 2.45) is 0 Å². The number of anilines is 2. The fraction of sp³-hybridized carbons (Fsp3) is 0.0500. The average molecular weight is 520 g/mol. The molecule has 0 saturated heterocycles. The third kappa shape index (κ3) is 6.41. The molecule has 0 fully saturated rings. The van der Waals surface area contributed by atoms with Gasteiger partial charge in [0.1, 0.15) is 5.75 Å². The fourth-order valence-corrected chi connectivity index (χ4v) is 4.18. The molecule has 2 N–H and O–H groups in total. The summed E-state index contributed by atoms with van der Waals surface area (Å²) >= 11 is 23.6. The van der Waals surface area contributed by atoms with Crippen LogP contribution in [0.25, 0.3) is 0 Å². The molecule has 1 amide bonds. The normalized spacial score (nSPS) is 11.1. The second kappa shape index (κ2) is 9.97. The van der Waals surface area contributed by atoms with Crippen molar-refractivity contribution in [1.29, 1.82) is 0 Å². The van der Waals surface area contributed by atoms with Gasteiger partial charge in [0.25, 0.3) is 15.9 Å². The standard InChI is InChI=1S/C20H14Cl4N2O4S/c21-12-1-3-13(4-2-12)26-31(28,29)15-7-5-14(6-8-15)30-11-20(27)25-19-10-17(23)16(22)9-18(19)24/h1-10,26H,11H2,(H,25,27). The molecule has 31 heavy (non-hydrogen) atoms. The van der Waals surface area contributed by atoms with E-state index in [1.165, 1.54) is 36.4 Å². The van der Waals surface area contributed by atoms with E-state index in [1.54, 1.807) is 24.3 Å². The monoisotopic (exact) mass is 518 g/mol. The van der Waals surface area contributed by atoms with Gasteiger partial charge >= 0.3 is 0 Å². The summed E-state index contributed by atoms with van der Waals surface area (Å²) in [5.74, 6) is -0.178. The van der Waals surface area contributed by atoms with E-state index in [-0.39, 0.29) is 26.6 Å². The lowest BCUT2D eigenvalue weighted by atomic mass is 10.3. The topological polar surface area (TPSA) is 84.5 Å². The zero-order valence-electron chi connectivity index (χ0n) is 15.5. The molecule has 3 aromatic carbocycles. The Balaban J connectivity index is 1.59. The lowest BCUT2D eigenvalue weighted by Gasteiger charge is -2.11. The largest absolute Gasteiger partial charge is 0.484 e. The third-order valence-electron chi connectivity index (χ3n) is 3.88. The summed E-state index contributed by atoms with van der Waals surface area (Å²) in [4.78, 5) is 12.1. The van der Waals surface area contributed by atoms with E-state index >= 15 is 0 Å². The molecule has 0 radical (unpaired) electrons. The number of benzene rings is 3. The van der Waals surface area contributed by atoms with E-state index in [0.717, 1.165) is 0 Å². The van der Waals surface area contributed by atoms with Crippen LogP contribution in [0.1, 0.15) is 0 Å². The van der Waals surface area contributed by atoms with Gasteiger partial charge < -0.3 is 10.1 Å². The van der Waals surface area contributed by atoms with Crippen LogP contribution in [0.3, 0.4) is 0 Å². The summed E-state index contributed by atoms with van der Waals surface area (Å²) in [6, 6.07) is 14.7. The highest BCUT2D eigenvalue weighted by atomic mass is 35.5. The van der Waals surface area contributed by atoms with Crippen molar-refractivity contribution in [2.45, 2.75) is 4.90 Å². The molecule has 11 heteroatoms. The predicted molar refractivity (Wildman–Crippen MR) is 124 cm³/mol. The summed E-state index contributed by atoms with van der Waals surface area (Å²) in [7, 11) is -3.79. The number of halogens is 4. The first-order valence-electron chi connectivity index (χ1n) is 8.60. The van der Waals surface area contributed by atoms with Crippen molar-refractivity contribution in [3.8, 4) is 5.75 Å². The lowest BCUT2D eigenvalue weighted by molar-refractivity contribution is -0.118. The van der Waals surface area contributed by atoms with Gasteiger partial charge in [0.05, 0.1) is 25.7 Å². The molecule has 0 atom stereocenters. The number of nitrogens with one attached hydrogen (secondary N) is 2. The van der Waals surface area contributed by atoms with Crippen molar-refractivity contribution in [3.05, 3.63) is 80.8 Å². The molecule has 0 unspecified atom stereocenters. The first-order valence-corrected chi connectivity index (χ1v) is 11.6. The number of carbonyl (C=O) groups excluding carboxylic acids is 1. The minimum atomic E-state index is -3.79. The van der Waals surface area contributed by atoms with Crippen molar-refractivity contribution >= 4 is 73.7 Å². The van der Waals surface area contributed by atoms with E-state index in [4.69, 9.17) is 51.1 Å². The quantitative estimate of drug-likeness (QED) is 0.368. The van der Waals surface area contributed by atoms with Crippen LogP contribution < -0.4 is 14.8 Å². The van der Waals surface area contributed by atoms with Gasteiger partial charge in [0.2, 0.25) is 0 Å². The highest BCUT2D eigenvalue weighted by Gasteiger charge is 2.15. The Labute approximate surface area is 199 Å². The van der Waals surface area contributed by atoms with Gasteiger partial charge in [-0.2, -0.15) is 0 Å². The van der Waals surface area contributed by atoms with Crippen LogP contribution >= 0.6 is 46.4 Å². The summed E-state index contributed by atoms with van der Waals surface area (Å²) in [5.41, 5.74) is 0.668. The smallest absolute Gasteiger partial charge is 0.262 e. The van der Waals surface area contributed by atoms with E-state index in [9.17, 15) is 13.2 Å². The van der Waals surface area contributed by atoms with Crippen LogP contribution in [-0.2, 0) is 14.8 Å². The summed E-state index contributed by atoms with van der Waals surface area (Å²) in [5, 5.41) is 3.79. The highest BCUT2D eigenvalue weighted by molar-refractivity contribution is 7.92. The average Bonchev–Trinajstić information content (AvgIpc) is 2.72. The fourth-order valence-electron chi connectivity index (χ4n) is 2.40. The highest BCUT2D eigenvalue weighted by Crippen LogP contribution is 2.32. The van der Waals surface area contributed by atoms with E-state index in [0.29, 0.717) is 22.1 Å². The van der Waals surface area contributed by atoms with Crippen molar-refractivity contribution in [3.63, 3.8) is 0 Å². The maximum absolute atomic E-state index is 12.5. The Bertz CT molecular complexity index is 1200. The minimum absolute atomic E-state index is 0.0295. The molecule has 0 spiro atoms. The Kier molecular flexibility index (Phi) is 7.56. The molecule has 0 aliphatic carbocycles. The maximum Gasteiger partial charge on any atom is 0.262 e. The number of hydrogen-bond donors (Lipinski definition) is 2. The van der Waals surface area contributed by atoms with Gasteiger partial charge in [-0.1, -0.05) is 46.4 Å². The molecule has 3 aromatic rings. The molecule has 6 nitrogen and oxygen atoms in total. The maximum atomic E-state index is 12.5. The van der Waals surface area contributed by atoms with Gasteiger partial charge in [0, 0.05) is 10.7 Å². The van der Waals surface area contributed by atoms with Crippen LogP contribution in [-0.4, -0.2) is 20.9 Å². The van der Waals surface area contributed by atoms with Gasteiger partial charge in [0.15, 0.2) is 6.61 Å². The molecule has 0 aromatic heterocycles. The molecule has 0 heterocycles. The molecule has 0 bridgehead atoms. The minimum Gasteiger partial charge on any atom is -0.484 e. The van der Waals surface area contributed by atoms with Crippen LogP contribution in [0.2, 0.25) is 20.1 Å². The Morgan fingerprint density at radius 3 is 2.10 bits per heavy atom. The van der Waals surface area contributed by atoms with Crippen molar-refractivity contribution in [1.82, 2.24) is 0 Å². The number of sulfonamides is 1. The van der Waals surface area contributed by atoms with Gasteiger partial charge in [-0.05, 0) is 60.7 Å². The van der Waals surface area contributed by atoms with E-state index in [1.807, 2.05) is 0 Å². The number of amides is 1. The lowest BCUT2D eigenvalue weighted by Crippen LogP contribution is -2.20. The molecular formula is C20H14Cl4N2O4S. The van der Waals surface area contributed by atoms with Crippen LogP contribution in [0, 0.1) is 0 Å². The first-order chi connectivity index (χ1) is 14.6. The van der Waals surface area contributed by atoms with E-state index in [2.05, 4.69) is 10.0 Å². The summed E-state index contributed by atoms with van der Waals surface area (Å²) in [6.45, 7) is -0.328. The SMILES string of the molecule is O=C(COc1ccc(S(=O)(=O)Nc2ccc(Cl)cc2)cc1)Nc1cc(Cl)c(Cl)cc1Cl. The van der Waals surface area contributed by atoms with Gasteiger partial charge in [-0.15, -0.1) is 0 Å². The second-order valence-corrected chi connectivity index (χ2v) is 9.51. The van der Waals surface area contributed by atoms with Crippen molar-refractivity contribution < 1.29 is 17.9 Å². The summed E-state index contributed by atoms with van der Waals surface area (Å²) in [6.07, 6.45) is 0. The molecule has 162 valence electrons. The molecule has 0 aliphatic rings. The third-order valence-corrected chi connectivity index (χ3v) is 6.57. The Hall–Kier alpha value is -2.16. The van der Waals surface area contributed by atoms with Gasteiger partial charge in [-0.25, -0.2) is 8.42 Å². The zero-order chi connectivity index (χ0) is 22.6. The first kappa shape index (κ1) is 23.5.